The number of carbonyl (C=O) groups is 2. The molecule has 0 saturated carbocycles. The molecule has 0 radical (unpaired) electrons. The average molecular weight is 417 g/mol. The highest BCUT2D eigenvalue weighted by atomic mass is 19.1. The van der Waals surface area contributed by atoms with Crippen molar-refractivity contribution in [2.24, 2.45) is 5.92 Å². The van der Waals surface area contributed by atoms with Crippen molar-refractivity contribution in [2.45, 2.75) is 12.5 Å². The molecule has 1 N–H and O–H groups in total. The van der Waals surface area contributed by atoms with E-state index in [2.05, 4.69) is 5.32 Å². The topological polar surface area (TPSA) is 61.9 Å². The molecule has 6 nitrogen and oxygen atoms in total. The van der Waals surface area contributed by atoms with E-state index in [1.807, 2.05) is 43.3 Å². The minimum atomic E-state index is -0.767. The largest absolute Gasteiger partial charge is 0.496 e. The molecule has 160 valence electrons. The van der Waals surface area contributed by atoms with Crippen molar-refractivity contribution in [1.29, 1.82) is 0 Å². The highest BCUT2D eigenvalue weighted by Gasteiger charge is 2.35. The number of nitrogens with one attached hydrogen (secondary N) is 1. The van der Waals surface area contributed by atoms with E-state index in [0.717, 1.165) is 29.5 Å². The summed E-state index contributed by atoms with van der Waals surface area (Å²) >= 11 is 0. The van der Waals surface area contributed by atoms with Gasteiger partial charge in [0, 0.05) is 36.8 Å². The molecule has 1 saturated heterocycles. The molecule has 2 aromatic rings. The smallest absolute Gasteiger partial charge is 0.227 e. The second kappa shape index (κ2) is 9.21. The summed E-state index contributed by atoms with van der Waals surface area (Å²) in [5, 5.41) is 2.91. The highest BCUT2D eigenvalue weighted by Crippen LogP contribution is 2.29. The van der Waals surface area contributed by atoms with E-state index in [4.69, 9.17) is 4.74 Å². The van der Waals surface area contributed by atoms with Crippen molar-refractivity contribution < 1.29 is 23.1 Å². The number of para-hydroxylation sites is 1. The first-order valence-corrected chi connectivity index (χ1v) is 9.63. The number of likely N-dealkylation sites (N-methyl/N-ethyl adjacent to an activating group) is 1. The number of benzene rings is 2. The Morgan fingerprint density at radius 2 is 1.90 bits per heavy atom. The number of ether oxygens (including phenoxy) is 1. The minimum absolute atomic E-state index is 0.00868. The van der Waals surface area contributed by atoms with Crippen molar-refractivity contribution in [1.82, 2.24) is 10.2 Å². The Kier molecular flexibility index (Phi) is 6.66. The molecule has 0 aromatic heterocycles. The number of hydrogen-bond donors (Lipinski definition) is 1. The maximum atomic E-state index is 13.5. The standard InChI is InChI=1S/C22H25F2N3O3/c1-26(2)19(18-6-4-5-7-20(18)30-3)12-25-22(29)14-8-21(28)27(13-14)17-10-15(23)9-16(24)11-17/h4-7,9-11,14,19H,8,12-13H2,1-3H3,(H,25,29). The van der Waals surface area contributed by atoms with E-state index < -0.39 is 17.6 Å². The van der Waals surface area contributed by atoms with Crippen molar-refractivity contribution in [2.75, 3.05) is 39.2 Å². The van der Waals surface area contributed by atoms with Crippen molar-refractivity contribution in [3.05, 3.63) is 59.7 Å². The van der Waals surface area contributed by atoms with E-state index in [1.165, 1.54) is 4.90 Å². The first-order valence-electron chi connectivity index (χ1n) is 9.63. The molecule has 2 unspecified atom stereocenters. The van der Waals surface area contributed by atoms with Gasteiger partial charge in [-0.05, 0) is 32.3 Å². The van der Waals surface area contributed by atoms with Gasteiger partial charge in [-0.25, -0.2) is 8.78 Å². The molecule has 0 bridgehead atoms. The second-order valence-electron chi connectivity index (χ2n) is 7.50. The summed E-state index contributed by atoms with van der Waals surface area (Å²) in [6, 6.07) is 10.4. The van der Waals surface area contributed by atoms with Gasteiger partial charge in [-0.3, -0.25) is 9.59 Å². The Hall–Kier alpha value is -3.00. The monoisotopic (exact) mass is 417 g/mol. The van der Waals surface area contributed by atoms with Gasteiger partial charge in [0.1, 0.15) is 17.4 Å². The molecule has 8 heteroatoms. The molecule has 2 atom stereocenters. The first kappa shape index (κ1) is 21.7. The van der Waals surface area contributed by atoms with Crippen LogP contribution in [0.25, 0.3) is 0 Å². The summed E-state index contributed by atoms with van der Waals surface area (Å²) in [5.41, 5.74) is 1.05. The van der Waals surface area contributed by atoms with E-state index >= 15 is 0 Å². The fraction of sp³-hybridized carbons (Fsp3) is 0.364. The van der Waals surface area contributed by atoms with Crippen LogP contribution >= 0.6 is 0 Å². The third-order valence-electron chi connectivity index (χ3n) is 5.25. The maximum absolute atomic E-state index is 13.5. The second-order valence-corrected chi connectivity index (χ2v) is 7.50. The van der Waals surface area contributed by atoms with Gasteiger partial charge in [-0.2, -0.15) is 0 Å². The number of nitrogens with zero attached hydrogens (tertiary/aromatic N) is 2. The molecule has 1 aliphatic rings. The fourth-order valence-corrected chi connectivity index (χ4v) is 3.68. The molecule has 30 heavy (non-hydrogen) atoms. The number of halogens is 2. The fourth-order valence-electron chi connectivity index (χ4n) is 3.68. The molecule has 0 aliphatic carbocycles. The van der Waals surface area contributed by atoms with E-state index in [-0.39, 0.29) is 36.5 Å². The Labute approximate surface area is 174 Å². The lowest BCUT2D eigenvalue weighted by Gasteiger charge is -2.27. The molecule has 1 aliphatic heterocycles. The molecule has 0 spiro atoms. The lowest BCUT2D eigenvalue weighted by Crippen LogP contribution is -2.38. The first-order chi connectivity index (χ1) is 14.3. The molecule has 1 heterocycles. The zero-order valence-electron chi connectivity index (χ0n) is 17.2. The van der Waals surface area contributed by atoms with Crippen molar-refractivity contribution in [3.8, 4) is 5.75 Å². The third-order valence-corrected chi connectivity index (χ3v) is 5.25. The highest BCUT2D eigenvalue weighted by molar-refractivity contribution is 6.00. The van der Waals surface area contributed by atoms with Crippen LogP contribution in [0, 0.1) is 17.6 Å². The average Bonchev–Trinajstić information content (AvgIpc) is 3.09. The van der Waals surface area contributed by atoms with Crippen LogP contribution in [0.1, 0.15) is 18.0 Å². The van der Waals surface area contributed by atoms with Crippen LogP contribution < -0.4 is 15.0 Å². The number of carbonyl (C=O) groups excluding carboxylic acids is 2. The Bertz CT molecular complexity index is 915. The van der Waals surface area contributed by atoms with Crippen LogP contribution in [0.15, 0.2) is 42.5 Å². The zero-order chi connectivity index (χ0) is 21.8. The van der Waals surface area contributed by atoms with Crippen LogP contribution in [-0.4, -0.2) is 51.0 Å². The number of amides is 2. The van der Waals surface area contributed by atoms with Crippen molar-refractivity contribution in [3.63, 3.8) is 0 Å². The SMILES string of the molecule is COc1ccccc1C(CNC(=O)C1CC(=O)N(c2cc(F)cc(F)c2)C1)N(C)C. The maximum Gasteiger partial charge on any atom is 0.227 e. The van der Waals surface area contributed by atoms with Gasteiger partial charge >= 0.3 is 0 Å². The number of hydrogen-bond acceptors (Lipinski definition) is 4. The van der Waals surface area contributed by atoms with Gasteiger partial charge in [0.25, 0.3) is 0 Å². The van der Waals surface area contributed by atoms with Gasteiger partial charge in [0.15, 0.2) is 0 Å². The zero-order valence-corrected chi connectivity index (χ0v) is 17.2. The molecule has 2 amide bonds. The van der Waals surface area contributed by atoms with Crippen LogP contribution in [0.3, 0.4) is 0 Å². The van der Waals surface area contributed by atoms with Crippen LogP contribution in [0.4, 0.5) is 14.5 Å². The Morgan fingerprint density at radius 1 is 1.23 bits per heavy atom. The van der Waals surface area contributed by atoms with Gasteiger partial charge in [0.05, 0.1) is 19.1 Å². The van der Waals surface area contributed by atoms with Gasteiger partial charge in [-0.15, -0.1) is 0 Å². The van der Waals surface area contributed by atoms with E-state index in [0.29, 0.717) is 6.54 Å². The summed E-state index contributed by atoms with van der Waals surface area (Å²) in [7, 11) is 5.41. The van der Waals surface area contributed by atoms with Gasteiger partial charge in [0.2, 0.25) is 11.8 Å². The summed E-state index contributed by atoms with van der Waals surface area (Å²) < 4.78 is 32.4. The lowest BCUT2D eigenvalue weighted by molar-refractivity contribution is -0.126. The molecule has 2 aromatic carbocycles. The lowest BCUT2D eigenvalue weighted by atomic mass is 10.0. The van der Waals surface area contributed by atoms with Gasteiger partial charge in [-0.1, -0.05) is 18.2 Å². The number of anilines is 1. The van der Waals surface area contributed by atoms with Crippen LogP contribution in [0.2, 0.25) is 0 Å². The minimum Gasteiger partial charge on any atom is -0.496 e. The summed E-state index contributed by atoms with van der Waals surface area (Å²) in [5.74, 6) is -2.02. The molecule has 1 fully saturated rings. The summed E-state index contributed by atoms with van der Waals surface area (Å²) in [6.07, 6.45) is -0.00868. The normalized spacial score (nSPS) is 17.3. The summed E-state index contributed by atoms with van der Waals surface area (Å²) in [6.45, 7) is 0.403. The third kappa shape index (κ3) is 4.76. The quantitative estimate of drug-likeness (QED) is 0.753. The van der Waals surface area contributed by atoms with Crippen molar-refractivity contribution >= 4 is 17.5 Å². The van der Waals surface area contributed by atoms with Crippen LogP contribution in [-0.2, 0) is 9.59 Å². The van der Waals surface area contributed by atoms with E-state index in [9.17, 15) is 18.4 Å². The number of methoxy groups -OCH3 is 1. The number of rotatable bonds is 7. The predicted octanol–water partition coefficient (Wildman–Crippen LogP) is 2.75. The molecule has 3 rings (SSSR count). The molecular weight excluding hydrogens is 392 g/mol. The van der Waals surface area contributed by atoms with Crippen LogP contribution in [0.5, 0.6) is 5.75 Å². The molecular formula is C22H25F2N3O3. The van der Waals surface area contributed by atoms with Gasteiger partial charge < -0.3 is 19.9 Å². The van der Waals surface area contributed by atoms with E-state index in [1.54, 1.807) is 7.11 Å². The Balaban J connectivity index is 1.67. The summed E-state index contributed by atoms with van der Waals surface area (Å²) in [4.78, 5) is 28.3. The Morgan fingerprint density at radius 3 is 2.53 bits per heavy atom. The predicted molar refractivity (Wildman–Crippen MR) is 109 cm³/mol.